The molecule has 3 N–H and O–H groups in total. The molecule has 0 radical (unpaired) electrons. The van der Waals surface area contributed by atoms with Crippen molar-refractivity contribution in [2.45, 2.75) is 31.2 Å². The van der Waals surface area contributed by atoms with Crippen molar-refractivity contribution in [3.8, 4) is 0 Å². The van der Waals surface area contributed by atoms with Crippen LogP contribution >= 0.6 is 0 Å². The average molecular weight is 240 g/mol. The van der Waals surface area contributed by atoms with E-state index in [1.54, 1.807) is 0 Å². The van der Waals surface area contributed by atoms with Gasteiger partial charge in [0.05, 0.1) is 13.2 Å². The highest BCUT2D eigenvalue weighted by molar-refractivity contribution is 5.13. The topological polar surface area (TPSA) is 79.2 Å². The molecule has 17 heavy (non-hydrogen) atoms. The Hall–Kier alpha value is -0.980. The van der Waals surface area contributed by atoms with E-state index in [9.17, 15) is 10.2 Å². The second kappa shape index (κ2) is 5.57. The first-order valence-corrected chi connectivity index (χ1v) is 5.50. The van der Waals surface area contributed by atoms with Crippen molar-refractivity contribution >= 4 is 0 Å². The second-order valence-electron chi connectivity index (χ2n) is 4.00. The van der Waals surface area contributed by atoms with E-state index in [0.717, 1.165) is 5.56 Å². The highest BCUT2D eigenvalue weighted by Gasteiger charge is 2.43. The fourth-order valence-electron chi connectivity index (χ4n) is 1.84. The van der Waals surface area contributed by atoms with Gasteiger partial charge in [0.25, 0.3) is 0 Å². The fourth-order valence-corrected chi connectivity index (χ4v) is 1.84. The Kier molecular flexibility index (Phi) is 4.09. The van der Waals surface area contributed by atoms with Crippen LogP contribution in [0.2, 0.25) is 0 Å². The van der Waals surface area contributed by atoms with E-state index in [4.69, 9.17) is 14.6 Å². The Labute approximate surface area is 99.2 Å². The number of ether oxygens (including phenoxy) is 2. The van der Waals surface area contributed by atoms with Gasteiger partial charge in [-0.3, -0.25) is 0 Å². The maximum absolute atomic E-state index is 9.63. The van der Waals surface area contributed by atoms with Crippen LogP contribution in [0.1, 0.15) is 5.56 Å². The molecule has 0 amide bonds. The van der Waals surface area contributed by atoms with Crippen molar-refractivity contribution in [2.75, 3.05) is 6.61 Å². The SMILES string of the molecule is OC[C@@H]1OC(O)[C@@H](O)[C@H]1OCc1ccccc1. The molecule has 4 atom stereocenters. The Morgan fingerprint density at radius 2 is 1.88 bits per heavy atom. The summed E-state index contributed by atoms with van der Waals surface area (Å²) in [5.41, 5.74) is 0.956. The standard InChI is InChI=1S/C12H16O5/c13-6-9-11(10(14)12(15)17-9)16-7-8-4-2-1-3-5-8/h1-5,9-15H,6-7H2/t9-,10-,11-,12?/m0/s1. The van der Waals surface area contributed by atoms with Crippen LogP contribution in [0.5, 0.6) is 0 Å². The molecule has 1 saturated heterocycles. The third kappa shape index (κ3) is 2.83. The van der Waals surface area contributed by atoms with E-state index >= 15 is 0 Å². The van der Waals surface area contributed by atoms with Gasteiger partial charge >= 0.3 is 0 Å². The first-order valence-electron chi connectivity index (χ1n) is 5.50. The van der Waals surface area contributed by atoms with Crippen molar-refractivity contribution < 1.29 is 24.8 Å². The highest BCUT2D eigenvalue weighted by Crippen LogP contribution is 2.23. The van der Waals surface area contributed by atoms with Crippen LogP contribution in [-0.4, -0.2) is 46.5 Å². The van der Waals surface area contributed by atoms with E-state index in [2.05, 4.69) is 0 Å². The minimum absolute atomic E-state index is 0.298. The Balaban J connectivity index is 1.93. The predicted octanol–water partition coefficient (Wildman–Crippen LogP) is -0.358. The van der Waals surface area contributed by atoms with Gasteiger partial charge in [-0.15, -0.1) is 0 Å². The quantitative estimate of drug-likeness (QED) is 0.670. The summed E-state index contributed by atoms with van der Waals surface area (Å²) in [5.74, 6) is 0. The molecular formula is C12H16O5. The van der Waals surface area contributed by atoms with Gasteiger partial charge in [0.15, 0.2) is 6.29 Å². The Bertz CT molecular complexity index is 342. The summed E-state index contributed by atoms with van der Waals surface area (Å²) in [6.07, 6.45) is -3.83. The van der Waals surface area contributed by atoms with E-state index in [1.165, 1.54) is 0 Å². The molecule has 1 aromatic rings. The minimum Gasteiger partial charge on any atom is -0.394 e. The van der Waals surface area contributed by atoms with E-state index in [0.29, 0.717) is 6.61 Å². The number of benzene rings is 1. The molecule has 5 nitrogen and oxygen atoms in total. The molecule has 1 heterocycles. The molecule has 0 spiro atoms. The monoisotopic (exact) mass is 240 g/mol. The molecule has 1 aromatic carbocycles. The lowest BCUT2D eigenvalue weighted by Crippen LogP contribution is -2.36. The maximum atomic E-state index is 9.63. The van der Waals surface area contributed by atoms with E-state index in [1.807, 2.05) is 30.3 Å². The summed E-state index contributed by atoms with van der Waals surface area (Å²) in [4.78, 5) is 0. The average Bonchev–Trinajstić information content (AvgIpc) is 2.64. The first kappa shape index (κ1) is 12.5. The van der Waals surface area contributed by atoms with Gasteiger partial charge in [-0.2, -0.15) is 0 Å². The van der Waals surface area contributed by atoms with Crippen LogP contribution in [-0.2, 0) is 16.1 Å². The van der Waals surface area contributed by atoms with E-state index in [-0.39, 0.29) is 6.61 Å². The molecule has 2 rings (SSSR count). The maximum Gasteiger partial charge on any atom is 0.184 e. The number of hydrogen-bond acceptors (Lipinski definition) is 5. The lowest BCUT2D eigenvalue weighted by atomic mass is 10.1. The third-order valence-corrected chi connectivity index (χ3v) is 2.77. The lowest BCUT2D eigenvalue weighted by molar-refractivity contribution is -0.132. The first-order chi connectivity index (χ1) is 8.22. The minimum atomic E-state index is -1.30. The van der Waals surface area contributed by atoms with Crippen molar-refractivity contribution in [2.24, 2.45) is 0 Å². The van der Waals surface area contributed by atoms with Gasteiger partial charge in [-0.25, -0.2) is 0 Å². The molecule has 5 heteroatoms. The van der Waals surface area contributed by atoms with Crippen molar-refractivity contribution in [3.63, 3.8) is 0 Å². The molecule has 94 valence electrons. The molecule has 0 bridgehead atoms. The fraction of sp³-hybridized carbons (Fsp3) is 0.500. The number of hydrogen-bond donors (Lipinski definition) is 3. The van der Waals surface area contributed by atoms with Crippen LogP contribution in [0.3, 0.4) is 0 Å². The molecule has 0 aromatic heterocycles. The highest BCUT2D eigenvalue weighted by atomic mass is 16.7. The van der Waals surface area contributed by atoms with Crippen LogP contribution < -0.4 is 0 Å². The van der Waals surface area contributed by atoms with Crippen LogP contribution in [0.25, 0.3) is 0 Å². The summed E-state index contributed by atoms with van der Waals surface area (Å²) in [6.45, 7) is 0.00270. The zero-order chi connectivity index (χ0) is 12.3. The molecule has 1 aliphatic rings. The summed E-state index contributed by atoms with van der Waals surface area (Å²) in [6, 6.07) is 9.47. The predicted molar refractivity (Wildman–Crippen MR) is 59.0 cm³/mol. The Morgan fingerprint density at radius 3 is 2.53 bits per heavy atom. The smallest absolute Gasteiger partial charge is 0.184 e. The van der Waals surface area contributed by atoms with Gasteiger partial charge in [-0.1, -0.05) is 30.3 Å². The third-order valence-electron chi connectivity index (χ3n) is 2.77. The summed E-state index contributed by atoms with van der Waals surface area (Å²) in [5, 5.41) is 28.0. The van der Waals surface area contributed by atoms with E-state index < -0.39 is 24.6 Å². The van der Waals surface area contributed by atoms with Crippen LogP contribution in [0.4, 0.5) is 0 Å². The Morgan fingerprint density at radius 1 is 1.18 bits per heavy atom. The van der Waals surface area contributed by atoms with Gasteiger partial charge in [0.1, 0.15) is 18.3 Å². The van der Waals surface area contributed by atoms with Crippen molar-refractivity contribution in [3.05, 3.63) is 35.9 Å². The number of rotatable bonds is 4. The van der Waals surface area contributed by atoms with Crippen LogP contribution in [0, 0.1) is 0 Å². The van der Waals surface area contributed by atoms with Crippen molar-refractivity contribution in [1.29, 1.82) is 0 Å². The molecule has 0 saturated carbocycles. The van der Waals surface area contributed by atoms with Gasteiger partial charge in [-0.05, 0) is 5.56 Å². The second-order valence-corrected chi connectivity index (χ2v) is 4.00. The molecule has 1 aliphatic heterocycles. The lowest BCUT2D eigenvalue weighted by Gasteiger charge is -2.19. The molecule has 0 aliphatic carbocycles. The summed E-state index contributed by atoms with van der Waals surface area (Å²) >= 11 is 0. The van der Waals surface area contributed by atoms with Crippen LogP contribution in [0.15, 0.2) is 30.3 Å². The van der Waals surface area contributed by atoms with Gasteiger partial charge in [0, 0.05) is 0 Å². The van der Waals surface area contributed by atoms with Gasteiger partial charge < -0.3 is 24.8 Å². The largest absolute Gasteiger partial charge is 0.394 e. The molecule has 1 fully saturated rings. The zero-order valence-electron chi connectivity index (χ0n) is 9.27. The summed E-state index contributed by atoms with van der Waals surface area (Å²) < 4.78 is 10.4. The number of aliphatic hydroxyl groups is 3. The van der Waals surface area contributed by atoms with Gasteiger partial charge in [0.2, 0.25) is 0 Å². The molecule has 1 unspecified atom stereocenters. The molecular weight excluding hydrogens is 224 g/mol. The summed E-state index contributed by atoms with van der Waals surface area (Å²) in [7, 11) is 0. The normalized spacial score (nSPS) is 32.9. The number of aliphatic hydroxyl groups excluding tert-OH is 3. The zero-order valence-corrected chi connectivity index (χ0v) is 9.27. The van der Waals surface area contributed by atoms with Crippen molar-refractivity contribution in [1.82, 2.24) is 0 Å².